The summed E-state index contributed by atoms with van der Waals surface area (Å²) in [6, 6.07) is 3.12. The topological polar surface area (TPSA) is 94.4 Å². The van der Waals surface area contributed by atoms with E-state index >= 15 is 0 Å². The second-order valence-corrected chi connectivity index (χ2v) is 8.44. The fourth-order valence-electron chi connectivity index (χ4n) is 5.92. The zero-order valence-corrected chi connectivity index (χ0v) is 15.0. The first kappa shape index (κ1) is 17.2. The zero-order chi connectivity index (χ0) is 18.3. The van der Waals surface area contributed by atoms with E-state index in [4.69, 9.17) is 4.74 Å². The molecule has 4 aliphatic carbocycles. The fourth-order valence-corrected chi connectivity index (χ4v) is 5.92. The van der Waals surface area contributed by atoms with Crippen molar-refractivity contribution >= 4 is 11.7 Å². The summed E-state index contributed by atoms with van der Waals surface area (Å²) in [5.74, 6) is 1.91. The van der Waals surface area contributed by atoms with Crippen LogP contribution in [0.4, 0.5) is 5.82 Å². The van der Waals surface area contributed by atoms with Crippen molar-refractivity contribution in [2.45, 2.75) is 51.5 Å². The van der Waals surface area contributed by atoms with Gasteiger partial charge in [0.05, 0.1) is 0 Å². The number of hydrogen-bond acceptors (Lipinski definition) is 5. The molecular formula is C19H25N3O4. The highest BCUT2D eigenvalue weighted by molar-refractivity contribution is 5.78. The standard InChI is InChI=1S/C19H25N3O4/c1-12(19-8-13-5-14(9-19)7-15(6-13)10-19)21-17(23)11-26-16-3-2-4-20-18(16)22(24)25/h2-4,12-15H,5-11H2,1H3,(H,21,23). The van der Waals surface area contributed by atoms with Gasteiger partial charge in [-0.1, -0.05) is 0 Å². The molecule has 7 nitrogen and oxygen atoms in total. The lowest BCUT2D eigenvalue weighted by Crippen LogP contribution is -2.56. The van der Waals surface area contributed by atoms with Crippen LogP contribution in [-0.4, -0.2) is 28.5 Å². The Hall–Kier alpha value is -2.18. The number of aromatic nitrogens is 1. The van der Waals surface area contributed by atoms with Crippen molar-refractivity contribution in [3.63, 3.8) is 0 Å². The van der Waals surface area contributed by atoms with E-state index in [-0.39, 0.29) is 35.5 Å². The molecule has 1 heterocycles. The first-order chi connectivity index (χ1) is 12.4. The zero-order valence-electron chi connectivity index (χ0n) is 15.0. The van der Waals surface area contributed by atoms with Gasteiger partial charge in [0.2, 0.25) is 5.75 Å². The molecule has 1 atom stereocenters. The van der Waals surface area contributed by atoms with Gasteiger partial charge in [0.1, 0.15) is 6.20 Å². The van der Waals surface area contributed by atoms with E-state index in [1.54, 1.807) is 6.07 Å². The molecule has 4 aliphatic rings. The van der Waals surface area contributed by atoms with E-state index < -0.39 is 4.92 Å². The molecule has 1 amide bonds. The number of carbonyl (C=O) groups is 1. The summed E-state index contributed by atoms with van der Waals surface area (Å²) >= 11 is 0. The van der Waals surface area contributed by atoms with Gasteiger partial charge in [0, 0.05) is 6.04 Å². The number of rotatable bonds is 6. The molecule has 4 fully saturated rings. The van der Waals surface area contributed by atoms with Crippen LogP contribution < -0.4 is 10.1 Å². The summed E-state index contributed by atoms with van der Waals surface area (Å²) in [5, 5.41) is 14.1. The van der Waals surface area contributed by atoms with E-state index in [1.807, 2.05) is 0 Å². The third-order valence-electron chi connectivity index (χ3n) is 6.66. The molecule has 0 spiro atoms. The second-order valence-electron chi connectivity index (χ2n) is 8.44. The van der Waals surface area contributed by atoms with Crippen LogP contribution in [0, 0.1) is 33.3 Å². The van der Waals surface area contributed by atoms with Gasteiger partial charge < -0.3 is 20.2 Å². The van der Waals surface area contributed by atoms with Gasteiger partial charge in [-0.3, -0.25) is 4.79 Å². The number of carbonyl (C=O) groups excluding carboxylic acids is 1. The molecule has 0 aromatic carbocycles. The van der Waals surface area contributed by atoms with E-state index in [2.05, 4.69) is 17.2 Å². The van der Waals surface area contributed by atoms with Crippen LogP contribution >= 0.6 is 0 Å². The van der Waals surface area contributed by atoms with Gasteiger partial charge in [-0.15, -0.1) is 0 Å². The molecule has 1 aromatic rings. The molecule has 26 heavy (non-hydrogen) atoms. The molecule has 140 valence electrons. The van der Waals surface area contributed by atoms with Crippen LogP contribution in [0.15, 0.2) is 18.3 Å². The normalized spacial score (nSPS) is 32.9. The van der Waals surface area contributed by atoms with Crippen LogP contribution in [0.2, 0.25) is 0 Å². The average molecular weight is 359 g/mol. The first-order valence-electron chi connectivity index (χ1n) is 9.47. The van der Waals surface area contributed by atoms with Gasteiger partial charge in [0.25, 0.3) is 5.91 Å². The molecule has 1 aromatic heterocycles. The van der Waals surface area contributed by atoms with Crippen LogP contribution in [0.25, 0.3) is 0 Å². The van der Waals surface area contributed by atoms with Crippen LogP contribution in [-0.2, 0) is 4.79 Å². The molecule has 1 N–H and O–H groups in total. The minimum Gasteiger partial charge on any atom is -0.476 e. The van der Waals surface area contributed by atoms with Crippen molar-refractivity contribution < 1.29 is 14.5 Å². The number of amides is 1. The van der Waals surface area contributed by atoms with Crippen molar-refractivity contribution in [2.24, 2.45) is 23.2 Å². The highest BCUT2D eigenvalue weighted by Gasteiger charge is 2.53. The SMILES string of the molecule is CC(NC(=O)COc1cccnc1[N+](=O)[O-])C12CC3CC(CC(C3)C1)C2. The van der Waals surface area contributed by atoms with Crippen molar-refractivity contribution in [1.82, 2.24) is 10.3 Å². The summed E-state index contributed by atoms with van der Waals surface area (Å²) in [5.41, 5.74) is 0.227. The predicted octanol–water partition coefficient (Wildman–Crippen LogP) is 3.09. The Balaban J connectivity index is 1.36. The highest BCUT2D eigenvalue weighted by Crippen LogP contribution is 2.61. The molecule has 4 saturated carbocycles. The summed E-state index contributed by atoms with van der Waals surface area (Å²) in [6.45, 7) is 1.88. The fraction of sp³-hybridized carbons (Fsp3) is 0.684. The van der Waals surface area contributed by atoms with Crippen molar-refractivity contribution in [3.05, 3.63) is 28.4 Å². The Bertz CT molecular complexity index is 685. The van der Waals surface area contributed by atoms with Crippen molar-refractivity contribution in [1.29, 1.82) is 0 Å². The summed E-state index contributed by atoms with van der Waals surface area (Å²) in [6.07, 6.45) is 9.09. The maximum absolute atomic E-state index is 12.4. The summed E-state index contributed by atoms with van der Waals surface area (Å²) in [7, 11) is 0. The number of hydrogen-bond donors (Lipinski definition) is 1. The minimum atomic E-state index is -0.606. The highest BCUT2D eigenvalue weighted by atomic mass is 16.6. The molecule has 7 heteroatoms. The van der Waals surface area contributed by atoms with Gasteiger partial charge >= 0.3 is 5.82 Å². The number of ether oxygens (including phenoxy) is 1. The van der Waals surface area contributed by atoms with Crippen molar-refractivity contribution in [2.75, 3.05) is 6.61 Å². The Morgan fingerprint density at radius 1 is 1.35 bits per heavy atom. The largest absolute Gasteiger partial charge is 0.476 e. The lowest BCUT2D eigenvalue weighted by atomic mass is 9.48. The van der Waals surface area contributed by atoms with E-state index in [0.29, 0.717) is 0 Å². The summed E-state index contributed by atoms with van der Waals surface area (Å²) < 4.78 is 5.36. The number of nitrogens with zero attached hydrogens (tertiary/aromatic N) is 2. The molecule has 5 rings (SSSR count). The van der Waals surface area contributed by atoms with Crippen LogP contribution in [0.1, 0.15) is 45.4 Å². The quantitative estimate of drug-likeness (QED) is 0.622. The van der Waals surface area contributed by atoms with Crippen molar-refractivity contribution in [3.8, 4) is 5.75 Å². The second kappa shape index (κ2) is 6.52. The third-order valence-corrected chi connectivity index (χ3v) is 6.66. The smallest absolute Gasteiger partial charge is 0.406 e. The lowest BCUT2D eigenvalue weighted by Gasteiger charge is -2.59. The molecule has 0 aliphatic heterocycles. The monoisotopic (exact) mass is 359 g/mol. The predicted molar refractivity (Wildman–Crippen MR) is 94.6 cm³/mol. The van der Waals surface area contributed by atoms with E-state index in [1.165, 1.54) is 50.8 Å². The van der Waals surface area contributed by atoms with Gasteiger partial charge in [-0.2, -0.15) is 0 Å². The average Bonchev–Trinajstić information content (AvgIpc) is 2.59. The summed E-state index contributed by atoms with van der Waals surface area (Å²) in [4.78, 5) is 26.4. The lowest BCUT2D eigenvalue weighted by molar-refractivity contribution is -0.390. The van der Waals surface area contributed by atoms with Crippen LogP contribution in [0.5, 0.6) is 5.75 Å². The maximum Gasteiger partial charge on any atom is 0.406 e. The number of nitro groups is 1. The molecule has 0 saturated heterocycles. The molecular weight excluding hydrogens is 334 g/mol. The molecule has 4 bridgehead atoms. The Morgan fingerprint density at radius 2 is 1.96 bits per heavy atom. The van der Waals surface area contributed by atoms with Gasteiger partial charge in [-0.05, 0) is 90.7 Å². The number of nitrogens with one attached hydrogen (secondary N) is 1. The molecule has 1 unspecified atom stereocenters. The van der Waals surface area contributed by atoms with Gasteiger partial charge in [0.15, 0.2) is 6.61 Å². The van der Waals surface area contributed by atoms with Gasteiger partial charge in [-0.25, -0.2) is 0 Å². The minimum absolute atomic E-state index is 0.0232. The first-order valence-corrected chi connectivity index (χ1v) is 9.47. The molecule has 0 radical (unpaired) electrons. The Kier molecular flexibility index (Phi) is 4.32. The Morgan fingerprint density at radius 3 is 2.54 bits per heavy atom. The van der Waals surface area contributed by atoms with E-state index in [0.717, 1.165) is 17.8 Å². The third kappa shape index (κ3) is 3.15. The Labute approximate surface area is 152 Å². The van der Waals surface area contributed by atoms with E-state index in [9.17, 15) is 14.9 Å². The van der Waals surface area contributed by atoms with Crippen LogP contribution in [0.3, 0.4) is 0 Å². The maximum atomic E-state index is 12.4. The number of pyridine rings is 1.